The number of fused-ring (bicyclic) bond motifs is 1. The topological polar surface area (TPSA) is 81.4 Å². The Morgan fingerprint density at radius 2 is 2.04 bits per heavy atom. The van der Waals surface area contributed by atoms with E-state index in [9.17, 15) is 14.7 Å². The van der Waals surface area contributed by atoms with Crippen LogP contribution in [0.15, 0.2) is 10.9 Å². The van der Waals surface area contributed by atoms with Gasteiger partial charge in [-0.25, -0.2) is 9.78 Å². The zero-order valence-electron chi connectivity index (χ0n) is 15.1. The average molecular weight is 367 g/mol. The van der Waals surface area contributed by atoms with Gasteiger partial charge in [-0.3, -0.25) is 4.79 Å². The van der Waals surface area contributed by atoms with Crippen LogP contribution in [0.2, 0.25) is 5.15 Å². The SMILES string of the molecule is CCOC(=O)c1c(O)c2c(Cl)nc(C)cc2n(CCC(C)(C)C)c1=O. The molecule has 0 bridgehead atoms. The van der Waals surface area contributed by atoms with E-state index in [0.29, 0.717) is 24.2 Å². The van der Waals surface area contributed by atoms with Gasteiger partial charge >= 0.3 is 5.97 Å². The minimum atomic E-state index is -0.868. The highest BCUT2D eigenvalue weighted by Crippen LogP contribution is 2.33. The second-order valence-corrected chi connectivity index (χ2v) is 7.52. The van der Waals surface area contributed by atoms with Crippen molar-refractivity contribution in [3.05, 3.63) is 32.8 Å². The number of nitrogens with zero attached hydrogens (tertiary/aromatic N) is 2. The second-order valence-electron chi connectivity index (χ2n) is 7.16. The summed E-state index contributed by atoms with van der Waals surface area (Å²) in [6.07, 6.45) is 0.702. The zero-order valence-corrected chi connectivity index (χ0v) is 15.9. The molecule has 0 spiro atoms. The summed E-state index contributed by atoms with van der Waals surface area (Å²) >= 11 is 6.20. The van der Waals surface area contributed by atoms with Crippen LogP contribution in [0.1, 0.15) is 50.2 Å². The van der Waals surface area contributed by atoms with Crippen molar-refractivity contribution < 1.29 is 14.6 Å². The van der Waals surface area contributed by atoms with E-state index >= 15 is 0 Å². The van der Waals surface area contributed by atoms with Gasteiger partial charge in [0.2, 0.25) is 0 Å². The Morgan fingerprint density at radius 1 is 1.40 bits per heavy atom. The molecule has 0 aliphatic rings. The largest absolute Gasteiger partial charge is 0.506 e. The van der Waals surface area contributed by atoms with Gasteiger partial charge in [0.05, 0.1) is 17.5 Å². The number of hydrogen-bond acceptors (Lipinski definition) is 5. The molecule has 2 aromatic heterocycles. The summed E-state index contributed by atoms with van der Waals surface area (Å²) in [4.78, 5) is 29.2. The van der Waals surface area contributed by atoms with Crippen molar-refractivity contribution in [2.24, 2.45) is 5.41 Å². The van der Waals surface area contributed by atoms with Gasteiger partial charge in [-0.1, -0.05) is 32.4 Å². The van der Waals surface area contributed by atoms with Crippen LogP contribution in [0.3, 0.4) is 0 Å². The molecule has 7 heteroatoms. The van der Waals surface area contributed by atoms with Gasteiger partial charge in [0.25, 0.3) is 5.56 Å². The van der Waals surface area contributed by atoms with Crippen LogP contribution in [0.5, 0.6) is 5.75 Å². The van der Waals surface area contributed by atoms with E-state index in [2.05, 4.69) is 25.8 Å². The molecular formula is C18H23ClN2O4. The molecule has 0 saturated heterocycles. The minimum absolute atomic E-state index is 0.0143. The van der Waals surface area contributed by atoms with Gasteiger partial charge in [0, 0.05) is 12.2 Å². The van der Waals surface area contributed by atoms with Crippen molar-refractivity contribution in [2.45, 2.75) is 47.6 Å². The van der Waals surface area contributed by atoms with Crippen LogP contribution in [0.4, 0.5) is 0 Å². The standard InChI is InChI=1S/C18H23ClN2O4/c1-6-25-17(24)13-14(22)12-11(9-10(2)20-15(12)19)21(16(13)23)8-7-18(3,4)5/h9,22H,6-8H2,1-5H3. The molecule has 0 radical (unpaired) electrons. The number of ether oxygens (including phenoxy) is 1. The van der Waals surface area contributed by atoms with E-state index in [1.54, 1.807) is 19.9 Å². The molecule has 0 atom stereocenters. The maximum absolute atomic E-state index is 12.9. The summed E-state index contributed by atoms with van der Waals surface area (Å²) in [6.45, 7) is 10.0. The van der Waals surface area contributed by atoms with Crippen molar-refractivity contribution in [3.63, 3.8) is 0 Å². The molecule has 2 heterocycles. The van der Waals surface area contributed by atoms with Crippen LogP contribution in [-0.2, 0) is 11.3 Å². The van der Waals surface area contributed by atoms with Crippen molar-refractivity contribution in [1.82, 2.24) is 9.55 Å². The number of halogens is 1. The van der Waals surface area contributed by atoms with Crippen LogP contribution < -0.4 is 5.56 Å². The summed E-state index contributed by atoms with van der Waals surface area (Å²) in [5, 5.41) is 10.7. The number of aryl methyl sites for hydroxylation is 2. The number of hydrogen-bond donors (Lipinski definition) is 1. The molecule has 6 nitrogen and oxygen atoms in total. The predicted molar refractivity (Wildman–Crippen MR) is 97.4 cm³/mol. The molecule has 0 aliphatic heterocycles. The highest BCUT2D eigenvalue weighted by atomic mass is 35.5. The maximum Gasteiger partial charge on any atom is 0.347 e. The van der Waals surface area contributed by atoms with Gasteiger partial charge in [0.1, 0.15) is 10.9 Å². The Bertz CT molecular complexity index is 881. The number of esters is 1. The maximum atomic E-state index is 12.9. The Hall–Kier alpha value is -2.08. The van der Waals surface area contributed by atoms with Crippen molar-refractivity contribution in [2.75, 3.05) is 6.61 Å². The average Bonchev–Trinajstić information content (AvgIpc) is 2.45. The number of rotatable bonds is 4. The number of aromatic hydroxyl groups is 1. The van der Waals surface area contributed by atoms with Gasteiger partial charge in [-0.2, -0.15) is 0 Å². The lowest BCUT2D eigenvalue weighted by Crippen LogP contribution is -2.29. The summed E-state index contributed by atoms with van der Waals surface area (Å²) in [5.74, 6) is -1.35. The molecule has 0 aliphatic carbocycles. The molecule has 0 saturated carbocycles. The van der Waals surface area contributed by atoms with Crippen LogP contribution in [-0.4, -0.2) is 27.2 Å². The number of pyridine rings is 2. The molecule has 0 amide bonds. The highest BCUT2D eigenvalue weighted by molar-refractivity contribution is 6.35. The molecule has 1 N–H and O–H groups in total. The molecule has 2 aromatic rings. The van der Waals surface area contributed by atoms with E-state index in [1.165, 1.54) is 4.57 Å². The van der Waals surface area contributed by atoms with E-state index in [0.717, 1.165) is 0 Å². The first-order valence-corrected chi connectivity index (χ1v) is 8.54. The van der Waals surface area contributed by atoms with Gasteiger partial charge in [-0.05, 0) is 31.7 Å². The molecule has 25 heavy (non-hydrogen) atoms. The van der Waals surface area contributed by atoms with Crippen molar-refractivity contribution in [1.29, 1.82) is 0 Å². The smallest absolute Gasteiger partial charge is 0.347 e. The van der Waals surface area contributed by atoms with Crippen molar-refractivity contribution >= 4 is 28.5 Å². The fourth-order valence-corrected chi connectivity index (χ4v) is 2.90. The summed E-state index contributed by atoms with van der Waals surface area (Å²) in [6, 6.07) is 1.68. The number of aromatic nitrogens is 2. The summed E-state index contributed by atoms with van der Waals surface area (Å²) in [5.41, 5.74) is 0.0618. The predicted octanol–water partition coefficient (Wildman–Crippen LogP) is 3.68. The van der Waals surface area contributed by atoms with Crippen LogP contribution in [0, 0.1) is 12.3 Å². The quantitative estimate of drug-likeness (QED) is 0.659. The van der Waals surface area contributed by atoms with Gasteiger partial charge in [-0.15, -0.1) is 0 Å². The third-order valence-electron chi connectivity index (χ3n) is 3.87. The Balaban J connectivity index is 2.83. The van der Waals surface area contributed by atoms with Crippen LogP contribution in [0.25, 0.3) is 10.9 Å². The fraction of sp³-hybridized carbons (Fsp3) is 0.500. The minimum Gasteiger partial charge on any atom is -0.506 e. The summed E-state index contributed by atoms with van der Waals surface area (Å²) < 4.78 is 6.39. The summed E-state index contributed by atoms with van der Waals surface area (Å²) in [7, 11) is 0. The Morgan fingerprint density at radius 3 is 2.60 bits per heavy atom. The molecule has 0 aromatic carbocycles. The second kappa shape index (κ2) is 7.04. The third-order valence-corrected chi connectivity index (χ3v) is 4.14. The first-order valence-electron chi connectivity index (χ1n) is 8.16. The molecule has 0 unspecified atom stereocenters. The van der Waals surface area contributed by atoms with Gasteiger partial charge < -0.3 is 14.4 Å². The van der Waals surface area contributed by atoms with Gasteiger partial charge in [0.15, 0.2) is 5.56 Å². The van der Waals surface area contributed by atoms with E-state index in [4.69, 9.17) is 16.3 Å². The first-order chi connectivity index (χ1) is 11.6. The Labute approximate surface area is 151 Å². The van der Waals surface area contributed by atoms with Crippen LogP contribution >= 0.6 is 11.6 Å². The fourth-order valence-electron chi connectivity index (χ4n) is 2.58. The monoisotopic (exact) mass is 366 g/mol. The van der Waals surface area contributed by atoms with E-state index in [-0.39, 0.29) is 22.6 Å². The van der Waals surface area contributed by atoms with Crippen molar-refractivity contribution in [3.8, 4) is 5.75 Å². The molecule has 2 rings (SSSR count). The lowest BCUT2D eigenvalue weighted by atomic mass is 9.92. The number of carbonyl (C=O) groups is 1. The lowest BCUT2D eigenvalue weighted by Gasteiger charge is -2.21. The van der Waals surface area contributed by atoms with E-state index in [1.807, 2.05) is 0 Å². The molecule has 136 valence electrons. The normalized spacial score (nSPS) is 11.8. The lowest BCUT2D eigenvalue weighted by molar-refractivity contribution is 0.0520. The third kappa shape index (κ3) is 3.95. The van der Waals surface area contributed by atoms with E-state index < -0.39 is 22.8 Å². The highest BCUT2D eigenvalue weighted by Gasteiger charge is 2.26. The molecule has 0 fully saturated rings. The Kier molecular flexibility index (Phi) is 5.42. The zero-order chi connectivity index (χ0) is 18.9. The number of carbonyl (C=O) groups excluding carboxylic acids is 1. The molecular weight excluding hydrogens is 344 g/mol. The first kappa shape index (κ1) is 19.2.